The Balaban J connectivity index is 1.45. The third kappa shape index (κ3) is 4.16. The summed E-state index contributed by atoms with van der Waals surface area (Å²) in [6, 6.07) is 22.8. The highest BCUT2D eigenvalue weighted by atomic mass is 35.5. The van der Waals surface area contributed by atoms with E-state index in [4.69, 9.17) is 11.6 Å². The zero-order valence-electron chi connectivity index (χ0n) is 17.9. The molecule has 0 radical (unpaired) electrons. The number of carbonyl (C=O) groups excluding carboxylic acids is 3. The van der Waals surface area contributed by atoms with Gasteiger partial charge in [0.2, 0.25) is 5.91 Å². The summed E-state index contributed by atoms with van der Waals surface area (Å²) in [5, 5.41) is 6.79. The van der Waals surface area contributed by atoms with Crippen LogP contribution in [0.3, 0.4) is 0 Å². The number of carbonyl (C=O) groups is 3. The lowest BCUT2D eigenvalue weighted by Gasteiger charge is -2.11. The first-order chi connectivity index (χ1) is 16.5. The predicted octanol–water partition coefficient (Wildman–Crippen LogP) is 5.03. The molecule has 8 heteroatoms. The number of fused-ring (bicyclic) bond motifs is 1. The van der Waals surface area contributed by atoms with Gasteiger partial charge in [-0.05, 0) is 42.5 Å². The second-order valence-corrected chi connectivity index (χ2v) is 8.19. The quantitative estimate of drug-likeness (QED) is 0.317. The Morgan fingerprint density at radius 3 is 2.53 bits per heavy atom. The summed E-state index contributed by atoms with van der Waals surface area (Å²) < 4.78 is 1.82. The van der Waals surface area contributed by atoms with E-state index in [-0.39, 0.29) is 18.1 Å². The second kappa shape index (κ2) is 8.88. The van der Waals surface area contributed by atoms with E-state index in [2.05, 4.69) is 10.6 Å². The molecule has 0 aliphatic carbocycles. The average molecular weight is 471 g/mol. The van der Waals surface area contributed by atoms with Crippen molar-refractivity contribution in [2.45, 2.75) is 6.54 Å². The van der Waals surface area contributed by atoms with E-state index in [0.29, 0.717) is 22.0 Å². The molecule has 1 aliphatic rings. The minimum absolute atomic E-state index is 0.0908. The molecule has 0 unspecified atom stereocenters. The van der Waals surface area contributed by atoms with Gasteiger partial charge >= 0.3 is 6.03 Å². The largest absolute Gasteiger partial charge is 0.337 e. The van der Waals surface area contributed by atoms with E-state index in [1.807, 2.05) is 59.2 Å². The van der Waals surface area contributed by atoms with Crippen molar-refractivity contribution in [3.05, 3.63) is 101 Å². The Kier molecular flexibility index (Phi) is 5.61. The zero-order chi connectivity index (χ0) is 23.7. The molecule has 0 atom stereocenters. The number of nitrogens with zero attached hydrogens (tertiary/aromatic N) is 2. The van der Waals surface area contributed by atoms with Crippen molar-refractivity contribution in [1.29, 1.82) is 0 Å². The van der Waals surface area contributed by atoms with Crippen molar-refractivity contribution in [3.63, 3.8) is 0 Å². The van der Waals surface area contributed by atoms with Crippen LogP contribution >= 0.6 is 11.6 Å². The Morgan fingerprint density at radius 1 is 0.971 bits per heavy atom. The Labute approximate surface area is 200 Å². The normalized spacial score (nSPS) is 14.6. The monoisotopic (exact) mass is 470 g/mol. The van der Waals surface area contributed by atoms with Crippen LogP contribution in [0.15, 0.2) is 90.8 Å². The standard InChI is InChI=1S/C26H19ClN4O3/c27-18-7-6-10-20(14-18)31-25(33)22(29-26(31)34)13-17-15-30(23-12-5-4-11-21(17)23)16-24(32)28-19-8-2-1-3-9-19/h1-15H,16H2,(H,28,32)(H,29,34)/b22-13+. The Morgan fingerprint density at radius 2 is 1.74 bits per heavy atom. The highest BCUT2D eigenvalue weighted by molar-refractivity contribution is 6.32. The molecular formula is C26H19ClN4O3. The summed E-state index contributed by atoms with van der Waals surface area (Å²) in [5.41, 5.74) is 2.78. The number of anilines is 2. The fraction of sp³-hybridized carbons (Fsp3) is 0.0385. The molecule has 168 valence electrons. The molecule has 1 aromatic heterocycles. The number of benzene rings is 3. The number of urea groups is 1. The smallest absolute Gasteiger partial charge is 0.333 e. The lowest BCUT2D eigenvalue weighted by molar-refractivity contribution is -0.116. The maximum atomic E-state index is 13.0. The maximum absolute atomic E-state index is 13.0. The number of nitrogens with one attached hydrogen (secondary N) is 2. The van der Waals surface area contributed by atoms with Gasteiger partial charge < -0.3 is 15.2 Å². The third-order valence-corrected chi connectivity index (χ3v) is 5.67. The second-order valence-electron chi connectivity index (χ2n) is 7.75. The summed E-state index contributed by atoms with van der Waals surface area (Å²) in [5.74, 6) is -0.658. The van der Waals surface area contributed by atoms with Crippen molar-refractivity contribution in [2.75, 3.05) is 10.2 Å². The van der Waals surface area contributed by atoms with Crippen molar-refractivity contribution in [3.8, 4) is 0 Å². The number of halogens is 1. The molecule has 5 rings (SSSR count). The third-order valence-electron chi connectivity index (χ3n) is 5.44. The lowest BCUT2D eigenvalue weighted by Crippen LogP contribution is -2.30. The Bertz CT molecular complexity index is 1460. The first-order valence-corrected chi connectivity index (χ1v) is 10.9. The predicted molar refractivity (Wildman–Crippen MR) is 132 cm³/mol. The SMILES string of the molecule is O=C(Cn1cc(/C=C2/NC(=O)N(c3cccc(Cl)c3)C2=O)c2ccccc21)Nc1ccccc1. The summed E-state index contributed by atoms with van der Waals surface area (Å²) in [6.07, 6.45) is 3.42. The van der Waals surface area contributed by atoms with Gasteiger partial charge in [-0.15, -0.1) is 0 Å². The molecule has 1 aliphatic heterocycles. The number of para-hydroxylation sites is 2. The van der Waals surface area contributed by atoms with E-state index < -0.39 is 11.9 Å². The van der Waals surface area contributed by atoms with Crippen molar-refractivity contribution in [2.24, 2.45) is 0 Å². The number of imide groups is 1. The van der Waals surface area contributed by atoms with Gasteiger partial charge in [0.05, 0.1) is 5.69 Å². The molecule has 2 N–H and O–H groups in total. The van der Waals surface area contributed by atoms with E-state index in [1.165, 1.54) is 0 Å². The fourth-order valence-electron chi connectivity index (χ4n) is 3.94. The molecule has 4 amide bonds. The topological polar surface area (TPSA) is 83.4 Å². The van der Waals surface area contributed by atoms with Crippen LogP contribution in [0.25, 0.3) is 17.0 Å². The molecule has 3 aromatic carbocycles. The number of hydrogen-bond acceptors (Lipinski definition) is 3. The first kappa shape index (κ1) is 21.5. The van der Waals surface area contributed by atoms with Crippen LogP contribution in [0.5, 0.6) is 0 Å². The van der Waals surface area contributed by atoms with Crippen LogP contribution in [-0.2, 0) is 16.1 Å². The van der Waals surface area contributed by atoms with Crippen LogP contribution in [-0.4, -0.2) is 22.4 Å². The van der Waals surface area contributed by atoms with Crippen molar-refractivity contribution in [1.82, 2.24) is 9.88 Å². The number of aromatic nitrogens is 1. The van der Waals surface area contributed by atoms with E-state index in [0.717, 1.165) is 15.8 Å². The van der Waals surface area contributed by atoms with Crippen LogP contribution in [0.1, 0.15) is 5.56 Å². The first-order valence-electron chi connectivity index (χ1n) is 10.5. The number of hydrogen-bond donors (Lipinski definition) is 2. The van der Waals surface area contributed by atoms with Gasteiger partial charge in [-0.2, -0.15) is 0 Å². The minimum atomic E-state index is -0.551. The van der Waals surface area contributed by atoms with Crippen LogP contribution in [0, 0.1) is 0 Å². The van der Waals surface area contributed by atoms with Gasteiger partial charge in [0.25, 0.3) is 5.91 Å². The van der Waals surface area contributed by atoms with Gasteiger partial charge in [0.15, 0.2) is 0 Å². The fourth-order valence-corrected chi connectivity index (χ4v) is 4.12. The van der Waals surface area contributed by atoms with Crippen molar-refractivity contribution < 1.29 is 14.4 Å². The maximum Gasteiger partial charge on any atom is 0.333 e. The zero-order valence-corrected chi connectivity index (χ0v) is 18.6. The van der Waals surface area contributed by atoms with Crippen LogP contribution < -0.4 is 15.5 Å². The molecular weight excluding hydrogens is 452 g/mol. The summed E-state index contributed by atoms with van der Waals surface area (Å²) in [7, 11) is 0. The van der Waals surface area contributed by atoms with E-state index in [1.54, 1.807) is 36.5 Å². The van der Waals surface area contributed by atoms with Gasteiger partial charge in [0.1, 0.15) is 12.2 Å². The molecule has 7 nitrogen and oxygen atoms in total. The molecule has 0 bridgehead atoms. The van der Waals surface area contributed by atoms with Gasteiger partial charge in [-0.25, -0.2) is 9.69 Å². The van der Waals surface area contributed by atoms with E-state index in [9.17, 15) is 14.4 Å². The molecule has 2 heterocycles. The molecule has 1 saturated heterocycles. The average Bonchev–Trinajstić information content (AvgIpc) is 3.30. The van der Waals surface area contributed by atoms with Gasteiger partial charge in [-0.1, -0.05) is 54.1 Å². The molecule has 34 heavy (non-hydrogen) atoms. The molecule has 0 saturated carbocycles. The van der Waals surface area contributed by atoms with Crippen molar-refractivity contribution >= 4 is 57.8 Å². The highest BCUT2D eigenvalue weighted by Crippen LogP contribution is 2.28. The summed E-state index contributed by atoms with van der Waals surface area (Å²) >= 11 is 6.03. The van der Waals surface area contributed by atoms with E-state index >= 15 is 0 Å². The van der Waals surface area contributed by atoms with Crippen LogP contribution in [0.2, 0.25) is 5.02 Å². The number of rotatable bonds is 5. The molecule has 0 spiro atoms. The van der Waals surface area contributed by atoms with Gasteiger partial charge in [-0.3, -0.25) is 9.59 Å². The summed E-state index contributed by atoms with van der Waals surface area (Å²) in [6.45, 7) is 0.0908. The lowest BCUT2D eigenvalue weighted by atomic mass is 10.1. The highest BCUT2D eigenvalue weighted by Gasteiger charge is 2.35. The number of amides is 4. The molecule has 4 aromatic rings. The van der Waals surface area contributed by atoms with Gasteiger partial charge in [0, 0.05) is 33.4 Å². The molecule has 1 fully saturated rings. The van der Waals surface area contributed by atoms with Crippen LogP contribution in [0.4, 0.5) is 16.2 Å². The minimum Gasteiger partial charge on any atom is -0.337 e. The summed E-state index contributed by atoms with van der Waals surface area (Å²) in [4.78, 5) is 39.2. The Hall–Kier alpha value is -4.36.